The molecule has 1 aromatic carbocycles. The molecule has 0 aliphatic heterocycles. The predicted octanol–water partition coefficient (Wildman–Crippen LogP) is 2.70. The lowest BCUT2D eigenvalue weighted by atomic mass is 10.1. The Morgan fingerprint density at radius 2 is 2.14 bits per heavy atom. The number of hydrogen-bond donors (Lipinski definition) is 2. The molecule has 21 heavy (non-hydrogen) atoms. The molecule has 0 saturated heterocycles. The summed E-state index contributed by atoms with van der Waals surface area (Å²) in [6.45, 7) is 5.22. The first kappa shape index (κ1) is 14.8. The maximum absolute atomic E-state index is 11.3. The van der Waals surface area contributed by atoms with Crippen LogP contribution in [0.5, 0.6) is 0 Å². The number of aryl methyl sites for hydroxylation is 1. The third kappa shape index (κ3) is 3.31. The van der Waals surface area contributed by atoms with Crippen LogP contribution in [0.4, 0.5) is 11.4 Å². The zero-order valence-electron chi connectivity index (χ0n) is 12.2. The van der Waals surface area contributed by atoms with Gasteiger partial charge in [-0.3, -0.25) is 4.98 Å². The van der Waals surface area contributed by atoms with E-state index in [9.17, 15) is 9.90 Å². The lowest BCUT2D eigenvalue weighted by Crippen LogP contribution is -2.23. The van der Waals surface area contributed by atoms with Crippen LogP contribution < -0.4 is 10.6 Å². The SMILES string of the molecule is CCN(Cc1ccccn1)c1cc(C)c(N)c(C(=O)O)c1. The lowest BCUT2D eigenvalue weighted by molar-refractivity contribution is 0.0698. The number of carboxylic acids is 1. The molecule has 5 nitrogen and oxygen atoms in total. The molecule has 0 saturated carbocycles. The predicted molar refractivity (Wildman–Crippen MR) is 83.5 cm³/mol. The van der Waals surface area contributed by atoms with Gasteiger partial charge in [-0.25, -0.2) is 4.79 Å². The number of nitrogens with two attached hydrogens (primary N) is 1. The second-order valence-corrected chi connectivity index (χ2v) is 4.86. The Kier molecular flexibility index (Phi) is 4.42. The zero-order valence-corrected chi connectivity index (χ0v) is 12.2. The summed E-state index contributed by atoms with van der Waals surface area (Å²) in [4.78, 5) is 17.7. The van der Waals surface area contributed by atoms with Crippen LogP contribution >= 0.6 is 0 Å². The molecular formula is C16H19N3O2. The average Bonchev–Trinajstić information content (AvgIpc) is 2.48. The number of nitrogen functional groups attached to an aromatic ring is 1. The molecule has 2 aromatic rings. The minimum atomic E-state index is -1.01. The van der Waals surface area contributed by atoms with E-state index in [-0.39, 0.29) is 5.56 Å². The summed E-state index contributed by atoms with van der Waals surface area (Å²) in [6, 6.07) is 9.29. The Morgan fingerprint density at radius 1 is 1.38 bits per heavy atom. The third-order valence-corrected chi connectivity index (χ3v) is 3.43. The molecule has 0 unspecified atom stereocenters. The van der Waals surface area contributed by atoms with Gasteiger partial charge in [0.25, 0.3) is 0 Å². The lowest BCUT2D eigenvalue weighted by Gasteiger charge is -2.24. The van der Waals surface area contributed by atoms with Gasteiger partial charge in [0.1, 0.15) is 0 Å². The molecular weight excluding hydrogens is 266 g/mol. The van der Waals surface area contributed by atoms with Crippen LogP contribution in [0.1, 0.15) is 28.5 Å². The van der Waals surface area contributed by atoms with Gasteiger partial charge in [0.15, 0.2) is 0 Å². The first-order valence-corrected chi connectivity index (χ1v) is 6.81. The van der Waals surface area contributed by atoms with E-state index in [1.165, 1.54) is 0 Å². The molecule has 0 atom stereocenters. The fraction of sp³-hybridized carbons (Fsp3) is 0.250. The monoisotopic (exact) mass is 285 g/mol. The van der Waals surface area contributed by atoms with Crippen LogP contribution in [0.2, 0.25) is 0 Å². The average molecular weight is 285 g/mol. The van der Waals surface area contributed by atoms with Gasteiger partial charge in [-0.1, -0.05) is 6.07 Å². The van der Waals surface area contributed by atoms with Crippen LogP contribution in [0, 0.1) is 6.92 Å². The van der Waals surface area contributed by atoms with Crippen molar-refractivity contribution in [1.29, 1.82) is 0 Å². The number of aromatic carboxylic acids is 1. The van der Waals surface area contributed by atoms with E-state index < -0.39 is 5.97 Å². The largest absolute Gasteiger partial charge is 0.478 e. The van der Waals surface area contributed by atoms with Gasteiger partial charge < -0.3 is 15.7 Å². The molecule has 0 bridgehead atoms. The Bertz CT molecular complexity index is 641. The molecule has 0 radical (unpaired) electrons. The summed E-state index contributed by atoms with van der Waals surface area (Å²) in [6.07, 6.45) is 1.75. The van der Waals surface area contributed by atoms with E-state index in [1.807, 2.05) is 38.1 Å². The number of carbonyl (C=O) groups is 1. The Labute approximate surface area is 124 Å². The summed E-state index contributed by atoms with van der Waals surface area (Å²) >= 11 is 0. The van der Waals surface area contributed by atoms with Crippen LogP contribution in [-0.4, -0.2) is 22.6 Å². The van der Waals surface area contributed by atoms with E-state index in [0.717, 1.165) is 23.5 Å². The van der Waals surface area contributed by atoms with E-state index in [2.05, 4.69) is 9.88 Å². The standard InChI is InChI=1S/C16H19N3O2/c1-3-19(10-12-6-4-5-7-18-12)13-8-11(2)15(17)14(9-13)16(20)21/h4-9H,3,10,17H2,1-2H3,(H,20,21). The number of rotatable bonds is 5. The van der Waals surface area contributed by atoms with Crippen molar-refractivity contribution in [2.75, 3.05) is 17.2 Å². The molecule has 0 spiro atoms. The Hall–Kier alpha value is -2.56. The van der Waals surface area contributed by atoms with Crippen LogP contribution in [0.3, 0.4) is 0 Å². The number of benzene rings is 1. The molecule has 110 valence electrons. The van der Waals surface area contributed by atoms with Gasteiger partial charge in [-0.05, 0) is 43.7 Å². The molecule has 1 heterocycles. The highest BCUT2D eigenvalue weighted by Gasteiger charge is 2.15. The summed E-state index contributed by atoms with van der Waals surface area (Å²) in [5, 5.41) is 9.25. The van der Waals surface area contributed by atoms with Gasteiger partial charge in [-0.2, -0.15) is 0 Å². The molecule has 2 rings (SSSR count). The Morgan fingerprint density at radius 3 is 2.71 bits per heavy atom. The second-order valence-electron chi connectivity index (χ2n) is 4.86. The normalized spacial score (nSPS) is 10.4. The van der Waals surface area contributed by atoms with Crippen molar-refractivity contribution in [1.82, 2.24) is 4.98 Å². The van der Waals surface area contributed by atoms with E-state index in [1.54, 1.807) is 12.3 Å². The van der Waals surface area contributed by atoms with Crippen molar-refractivity contribution in [3.8, 4) is 0 Å². The summed E-state index contributed by atoms with van der Waals surface area (Å²) in [5.41, 5.74) is 8.84. The van der Waals surface area contributed by atoms with Crippen molar-refractivity contribution in [3.63, 3.8) is 0 Å². The van der Waals surface area contributed by atoms with Crippen molar-refractivity contribution >= 4 is 17.3 Å². The van der Waals surface area contributed by atoms with E-state index in [4.69, 9.17) is 5.73 Å². The molecule has 1 aromatic heterocycles. The number of carboxylic acid groups (broad SMARTS) is 1. The molecule has 0 aliphatic rings. The Balaban J connectivity index is 2.36. The van der Waals surface area contributed by atoms with Crippen molar-refractivity contribution < 1.29 is 9.90 Å². The quantitative estimate of drug-likeness (QED) is 0.826. The third-order valence-electron chi connectivity index (χ3n) is 3.43. The van der Waals surface area contributed by atoms with Gasteiger partial charge in [0.05, 0.1) is 17.8 Å². The number of anilines is 2. The molecule has 0 fully saturated rings. The number of aromatic nitrogens is 1. The first-order valence-electron chi connectivity index (χ1n) is 6.81. The summed E-state index contributed by atoms with van der Waals surface area (Å²) in [7, 11) is 0. The molecule has 5 heteroatoms. The molecule has 0 amide bonds. The first-order chi connectivity index (χ1) is 10.0. The smallest absolute Gasteiger partial charge is 0.337 e. The minimum Gasteiger partial charge on any atom is -0.478 e. The minimum absolute atomic E-state index is 0.143. The summed E-state index contributed by atoms with van der Waals surface area (Å²) < 4.78 is 0. The number of pyridine rings is 1. The topological polar surface area (TPSA) is 79.5 Å². The van der Waals surface area contributed by atoms with Crippen LogP contribution in [0.25, 0.3) is 0 Å². The highest BCUT2D eigenvalue weighted by atomic mass is 16.4. The van der Waals surface area contributed by atoms with Gasteiger partial charge in [0.2, 0.25) is 0 Å². The maximum Gasteiger partial charge on any atom is 0.337 e. The highest BCUT2D eigenvalue weighted by molar-refractivity contribution is 5.95. The van der Waals surface area contributed by atoms with Gasteiger partial charge >= 0.3 is 5.97 Å². The number of nitrogens with zero attached hydrogens (tertiary/aromatic N) is 2. The van der Waals surface area contributed by atoms with Crippen molar-refractivity contribution in [2.24, 2.45) is 0 Å². The van der Waals surface area contributed by atoms with Crippen LogP contribution in [-0.2, 0) is 6.54 Å². The van der Waals surface area contributed by atoms with Gasteiger partial charge in [0, 0.05) is 24.1 Å². The highest BCUT2D eigenvalue weighted by Crippen LogP contribution is 2.26. The van der Waals surface area contributed by atoms with E-state index in [0.29, 0.717) is 12.2 Å². The molecule has 0 aliphatic carbocycles. The summed E-state index contributed by atoms with van der Waals surface area (Å²) in [5.74, 6) is -1.01. The maximum atomic E-state index is 11.3. The van der Waals surface area contributed by atoms with E-state index >= 15 is 0 Å². The van der Waals surface area contributed by atoms with Crippen molar-refractivity contribution in [2.45, 2.75) is 20.4 Å². The van der Waals surface area contributed by atoms with Crippen molar-refractivity contribution in [3.05, 3.63) is 53.3 Å². The second kappa shape index (κ2) is 6.26. The fourth-order valence-electron chi connectivity index (χ4n) is 2.21. The zero-order chi connectivity index (χ0) is 15.4. The fourth-order valence-corrected chi connectivity index (χ4v) is 2.21. The van der Waals surface area contributed by atoms with Crippen LogP contribution in [0.15, 0.2) is 36.5 Å². The van der Waals surface area contributed by atoms with Gasteiger partial charge in [-0.15, -0.1) is 0 Å². The molecule has 3 N–H and O–H groups in total. The number of hydrogen-bond acceptors (Lipinski definition) is 4.